The van der Waals surface area contributed by atoms with Gasteiger partial charge < -0.3 is 15.8 Å². The molecular weight excluding hydrogens is 371 g/mol. The molecule has 144 valence electrons. The number of rotatable bonds is 4. The number of ether oxygens (including phenoxy) is 1. The first kappa shape index (κ1) is 19.2. The molecule has 8 heteroatoms. The molecular formula is C20H16F3N3O2. The lowest BCUT2D eigenvalue weighted by atomic mass is 10.2. The molecule has 0 radical (unpaired) electrons. The fraction of sp³-hybridized carbons (Fsp3) is 0.100. The van der Waals surface area contributed by atoms with Crippen LogP contribution in [0.2, 0.25) is 0 Å². The van der Waals surface area contributed by atoms with Crippen LogP contribution in [-0.2, 0) is 6.18 Å². The van der Waals surface area contributed by atoms with Gasteiger partial charge in [-0.2, -0.15) is 13.2 Å². The highest BCUT2D eigenvalue weighted by molar-refractivity contribution is 6.07. The highest BCUT2D eigenvalue weighted by Gasteiger charge is 2.30. The number of pyridine rings is 1. The van der Waals surface area contributed by atoms with Gasteiger partial charge >= 0.3 is 6.18 Å². The highest BCUT2D eigenvalue weighted by atomic mass is 19.4. The minimum Gasteiger partial charge on any atom is -0.457 e. The van der Waals surface area contributed by atoms with Crippen molar-refractivity contribution in [3.05, 3.63) is 77.5 Å². The first-order valence-corrected chi connectivity index (χ1v) is 8.22. The van der Waals surface area contributed by atoms with Crippen LogP contribution in [-0.4, -0.2) is 10.9 Å². The van der Waals surface area contributed by atoms with Crippen LogP contribution in [0.15, 0.2) is 60.7 Å². The van der Waals surface area contributed by atoms with Gasteiger partial charge in [0.25, 0.3) is 5.91 Å². The van der Waals surface area contributed by atoms with Gasteiger partial charge in [-0.3, -0.25) is 4.79 Å². The molecule has 0 bridgehead atoms. The summed E-state index contributed by atoms with van der Waals surface area (Å²) in [6.45, 7) is 1.76. The Labute approximate surface area is 159 Å². The highest BCUT2D eigenvalue weighted by Crippen LogP contribution is 2.31. The number of hydrogen-bond donors (Lipinski definition) is 2. The summed E-state index contributed by atoms with van der Waals surface area (Å²) in [4.78, 5) is 16.4. The minimum atomic E-state index is -4.41. The molecule has 0 saturated carbocycles. The van der Waals surface area contributed by atoms with Gasteiger partial charge in [-0.15, -0.1) is 0 Å². The van der Waals surface area contributed by atoms with Crippen LogP contribution >= 0.6 is 0 Å². The lowest BCUT2D eigenvalue weighted by Gasteiger charge is -2.11. The third-order valence-electron chi connectivity index (χ3n) is 3.82. The lowest BCUT2D eigenvalue weighted by molar-refractivity contribution is -0.137. The summed E-state index contributed by atoms with van der Waals surface area (Å²) in [7, 11) is 0. The molecule has 1 amide bonds. The van der Waals surface area contributed by atoms with Crippen molar-refractivity contribution in [2.45, 2.75) is 13.1 Å². The van der Waals surface area contributed by atoms with Crippen LogP contribution in [0.25, 0.3) is 0 Å². The molecule has 5 nitrogen and oxygen atoms in total. The zero-order valence-electron chi connectivity index (χ0n) is 14.7. The summed E-state index contributed by atoms with van der Waals surface area (Å²) in [6.07, 6.45) is -4.41. The van der Waals surface area contributed by atoms with Crippen molar-refractivity contribution in [3.8, 4) is 11.5 Å². The number of nitrogen functional groups attached to an aromatic ring is 1. The summed E-state index contributed by atoms with van der Waals surface area (Å²) in [5.74, 6) is 0.280. The number of amides is 1. The average Bonchev–Trinajstić information content (AvgIpc) is 2.61. The minimum absolute atomic E-state index is 0.120. The monoisotopic (exact) mass is 387 g/mol. The van der Waals surface area contributed by atoms with Gasteiger partial charge in [0.1, 0.15) is 17.3 Å². The predicted molar refractivity (Wildman–Crippen MR) is 99.3 cm³/mol. The van der Waals surface area contributed by atoms with Crippen LogP contribution in [0.4, 0.5) is 24.7 Å². The second-order valence-electron chi connectivity index (χ2n) is 5.99. The second-order valence-corrected chi connectivity index (χ2v) is 5.99. The number of aryl methyl sites for hydroxylation is 1. The number of alkyl halides is 3. The number of hydrogen-bond acceptors (Lipinski definition) is 4. The van der Waals surface area contributed by atoms with Crippen molar-refractivity contribution < 1.29 is 22.7 Å². The van der Waals surface area contributed by atoms with E-state index < -0.39 is 17.6 Å². The maximum atomic E-state index is 12.6. The van der Waals surface area contributed by atoms with E-state index in [0.29, 0.717) is 17.1 Å². The summed E-state index contributed by atoms with van der Waals surface area (Å²) < 4.78 is 43.4. The van der Waals surface area contributed by atoms with Gasteiger partial charge in [0, 0.05) is 17.4 Å². The van der Waals surface area contributed by atoms with Gasteiger partial charge in [0.15, 0.2) is 0 Å². The normalized spacial score (nSPS) is 11.1. The molecule has 3 aromatic rings. The molecule has 0 fully saturated rings. The maximum Gasteiger partial charge on any atom is 0.416 e. The Hall–Kier alpha value is -3.55. The number of benzene rings is 2. The topological polar surface area (TPSA) is 77.2 Å². The van der Waals surface area contributed by atoms with Crippen LogP contribution in [0, 0.1) is 6.92 Å². The standard InChI is InChI=1S/C20H16F3N3O2/c1-12-5-10-17(18(24)25-12)19(27)26-14-3-2-4-16(11-14)28-15-8-6-13(7-9-15)20(21,22)23/h2-11H,1H3,(H2,24,25)(H,26,27). The number of nitrogens with zero attached hydrogens (tertiary/aromatic N) is 1. The van der Waals surface area contributed by atoms with Crippen LogP contribution in [0.5, 0.6) is 11.5 Å². The van der Waals surface area contributed by atoms with Crippen molar-refractivity contribution in [1.29, 1.82) is 0 Å². The van der Waals surface area contributed by atoms with E-state index in [1.54, 1.807) is 43.3 Å². The molecule has 3 rings (SSSR count). The average molecular weight is 387 g/mol. The van der Waals surface area contributed by atoms with E-state index in [2.05, 4.69) is 10.3 Å². The Morgan fingerprint density at radius 2 is 1.75 bits per heavy atom. The zero-order chi connectivity index (χ0) is 20.3. The molecule has 0 spiro atoms. The number of anilines is 2. The molecule has 0 atom stereocenters. The molecule has 0 unspecified atom stereocenters. The van der Waals surface area contributed by atoms with Crippen LogP contribution in [0.3, 0.4) is 0 Å². The summed E-state index contributed by atoms with van der Waals surface area (Å²) >= 11 is 0. The van der Waals surface area contributed by atoms with E-state index in [0.717, 1.165) is 12.1 Å². The SMILES string of the molecule is Cc1ccc(C(=O)Nc2cccc(Oc3ccc(C(F)(F)F)cc3)c2)c(N)n1. The molecule has 1 heterocycles. The summed E-state index contributed by atoms with van der Waals surface area (Å²) in [5.41, 5.74) is 6.39. The molecule has 1 aromatic heterocycles. The van der Waals surface area contributed by atoms with Crippen LogP contribution in [0.1, 0.15) is 21.6 Å². The fourth-order valence-electron chi connectivity index (χ4n) is 2.45. The molecule has 0 aliphatic carbocycles. The third-order valence-corrected chi connectivity index (χ3v) is 3.82. The van der Waals surface area contributed by atoms with Crippen molar-refractivity contribution >= 4 is 17.4 Å². The number of aromatic nitrogens is 1. The fourth-order valence-corrected chi connectivity index (χ4v) is 2.45. The first-order valence-electron chi connectivity index (χ1n) is 8.22. The Bertz CT molecular complexity index is 1000. The maximum absolute atomic E-state index is 12.6. The molecule has 0 aliphatic heterocycles. The third kappa shape index (κ3) is 4.59. The summed E-state index contributed by atoms with van der Waals surface area (Å²) in [6, 6.07) is 14.1. The van der Waals surface area contributed by atoms with Gasteiger partial charge in [0.05, 0.1) is 11.1 Å². The first-order chi connectivity index (χ1) is 13.2. The lowest BCUT2D eigenvalue weighted by Crippen LogP contribution is -2.15. The van der Waals surface area contributed by atoms with Gasteiger partial charge in [-0.05, 0) is 55.5 Å². The van der Waals surface area contributed by atoms with Crippen molar-refractivity contribution in [3.63, 3.8) is 0 Å². The summed E-state index contributed by atoms with van der Waals surface area (Å²) in [5, 5.41) is 2.69. The quantitative estimate of drug-likeness (QED) is 0.658. The predicted octanol–water partition coefficient (Wildman–Crippen LogP) is 5.04. The number of nitrogens with two attached hydrogens (primary N) is 1. The number of carbonyl (C=O) groups excluding carboxylic acids is 1. The van der Waals surface area contributed by atoms with E-state index in [9.17, 15) is 18.0 Å². The van der Waals surface area contributed by atoms with Gasteiger partial charge in [-0.25, -0.2) is 4.98 Å². The Balaban J connectivity index is 1.72. The Morgan fingerprint density at radius 1 is 1.04 bits per heavy atom. The number of carbonyl (C=O) groups is 1. The van der Waals surface area contributed by atoms with Crippen molar-refractivity contribution in [2.24, 2.45) is 0 Å². The largest absolute Gasteiger partial charge is 0.457 e. The zero-order valence-corrected chi connectivity index (χ0v) is 14.7. The number of halogens is 3. The van der Waals surface area contributed by atoms with E-state index in [4.69, 9.17) is 10.5 Å². The Morgan fingerprint density at radius 3 is 2.39 bits per heavy atom. The second kappa shape index (κ2) is 7.59. The van der Waals surface area contributed by atoms with E-state index in [1.807, 2.05) is 0 Å². The van der Waals surface area contributed by atoms with Gasteiger partial charge in [-0.1, -0.05) is 6.07 Å². The van der Waals surface area contributed by atoms with E-state index in [-0.39, 0.29) is 17.1 Å². The van der Waals surface area contributed by atoms with Crippen molar-refractivity contribution in [2.75, 3.05) is 11.1 Å². The molecule has 3 N–H and O–H groups in total. The Kier molecular flexibility index (Phi) is 5.21. The molecule has 0 saturated heterocycles. The van der Waals surface area contributed by atoms with E-state index in [1.165, 1.54) is 12.1 Å². The van der Waals surface area contributed by atoms with Gasteiger partial charge in [0.2, 0.25) is 0 Å². The smallest absolute Gasteiger partial charge is 0.416 e. The molecule has 2 aromatic carbocycles. The number of nitrogens with one attached hydrogen (secondary N) is 1. The molecule has 28 heavy (non-hydrogen) atoms. The van der Waals surface area contributed by atoms with Crippen molar-refractivity contribution in [1.82, 2.24) is 4.98 Å². The van der Waals surface area contributed by atoms with Crippen LogP contribution < -0.4 is 15.8 Å². The van der Waals surface area contributed by atoms with E-state index >= 15 is 0 Å². The molecule has 0 aliphatic rings.